The number of hydrogen-bond donors (Lipinski definition) is 0. The van der Waals surface area contributed by atoms with Gasteiger partial charge in [0, 0.05) is 10.0 Å². The SMILES string of the molecule is CCOC(=O)C1(C)CN(C(=O)N(C(=O)OC)c2ccc(Br)cc2)N=C1c1ccc(C(F)(F)F)c(Cl)c1. The van der Waals surface area contributed by atoms with E-state index in [9.17, 15) is 27.6 Å². The van der Waals surface area contributed by atoms with Gasteiger partial charge in [0.2, 0.25) is 0 Å². The molecule has 0 fully saturated rings. The van der Waals surface area contributed by atoms with Crippen LogP contribution >= 0.6 is 27.5 Å². The second-order valence-electron chi connectivity index (χ2n) is 7.82. The van der Waals surface area contributed by atoms with E-state index < -0.39 is 40.3 Å². The molecule has 36 heavy (non-hydrogen) atoms. The Morgan fingerprint density at radius 2 is 1.83 bits per heavy atom. The van der Waals surface area contributed by atoms with E-state index in [1.165, 1.54) is 19.1 Å². The van der Waals surface area contributed by atoms with Crippen molar-refractivity contribution in [2.24, 2.45) is 10.5 Å². The molecule has 1 aliphatic heterocycles. The van der Waals surface area contributed by atoms with Crippen LogP contribution in [0, 0.1) is 5.41 Å². The number of carbonyl (C=O) groups is 3. The first-order valence-corrected chi connectivity index (χ1v) is 11.6. The monoisotopic (exact) mass is 589 g/mol. The number of hydrogen-bond acceptors (Lipinski definition) is 6. The predicted octanol–water partition coefficient (Wildman–Crippen LogP) is 6.10. The Morgan fingerprint density at radius 1 is 1.19 bits per heavy atom. The molecular formula is C23H20BrClF3N3O5. The minimum Gasteiger partial charge on any atom is -0.465 e. The van der Waals surface area contributed by atoms with Crippen molar-refractivity contribution in [3.8, 4) is 0 Å². The van der Waals surface area contributed by atoms with E-state index in [2.05, 4.69) is 21.0 Å². The summed E-state index contributed by atoms with van der Waals surface area (Å²) in [6.07, 6.45) is -5.70. The summed E-state index contributed by atoms with van der Waals surface area (Å²) in [5.41, 5.74) is -2.45. The van der Waals surface area contributed by atoms with Crippen LogP contribution in [0.4, 0.5) is 28.4 Å². The van der Waals surface area contributed by atoms with Crippen LogP contribution in [-0.2, 0) is 20.4 Å². The Balaban J connectivity index is 2.09. The van der Waals surface area contributed by atoms with E-state index in [4.69, 9.17) is 21.1 Å². The molecule has 0 saturated heterocycles. The van der Waals surface area contributed by atoms with Crippen molar-refractivity contribution in [2.75, 3.05) is 25.2 Å². The van der Waals surface area contributed by atoms with E-state index >= 15 is 0 Å². The van der Waals surface area contributed by atoms with Crippen LogP contribution in [0.2, 0.25) is 5.02 Å². The lowest BCUT2D eigenvalue weighted by Gasteiger charge is -2.26. The maximum absolute atomic E-state index is 13.4. The summed E-state index contributed by atoms with van der Waals surface area (Å²) in [5.74, 6) is -0.761. The highest BCUT2D eigenvalue weighted by atomic mass is 79.9. The number of esters is 1. The zero-order chi connectivity index (χ0) is 26.8. The van der Waals surface area contributed by atoms with E-state index in [1.54, 1.807) is 19.1 Å². The van der Waals surface area contributed by atoms with E-state index in [0.29, 0.717) is 9.37 Å². The van der Waals surface area contributed by atoms with Gasteiger partial charge in [-0.15, -0.1) is 0 Å². The van der Waals surface area contributed by atoms with E-state index in [1.807, 2.05) is 0 Å². The molecule has 1 atom stereocenters. The first-order valence-electron chi connectivity index (χ1n) is 10.4. The number of methoxy groups -OCH3 is 1. The second-order valence-corrected chi connectivity index (χ2v) is 9.14. The number of ether oxygens (including phenoxy) is 2. The van der Waals surface area contributed by atoms with Gasteiger partial charge >= 0.3 is 24.3 Å². The van der Waals surface area contributed by atoms with Crippen molar-refractivity contribution in [3.63, 3.8) is 0 Å². The molecule has 192 valence electrons. The first-order chi connectivity index (χ1) is 16.8. The first kappa shape index (κ1) is 27.5. The smallest absolute Gasteiger partial charge is 0.422 e. The van der Waals surface area contributed by atoms with Gasteiger partial charge in [-0.2, -0.15) is 23.2 Å². The molecule has 0 N–H and O–H groups in total. The summed E-state index contributed by atoms with van der Waals surface area (Å²) < 4.78 is 50.2. The summed E-state index contributed by atoms with van der Waals surface area (Å²) in [6, 6.07) is 8.10. The molecule has 13 heteroatoms. The fourth-order valence-corrected chi connectivity index (χ4v) is 4.11. The number of halogens is 5. The van der Waals surface area contributed by atoms with Gasteiger partial charge in [0.15, 0.2) is 0 Å². The summed E-state index contributed by atoms with van der Waals surface area (Å²) in [4.78, 5) is 39.6. The van der Waals surface area contributed by atoms with Crippen molar-refractivity contribution in [1.82, 2.24) is 5.01 Å². The summed E-state index contributed by atoms with van der Waals surface area (Å²) >= 11 is 9.15. The van der Waals surface area contributed by atoms with Crippen LogP contribution < -0.4 is 4.90 Å². The lowest BCUT2D eigenvalue weighted by atomic mass is 9.82. The highest BCUT2D eigenvalue weighted by molar-refractivity contribution is 9.10. The molecule has 3 amide bonds. The number of anilines is 1. The second kappa shape index (κ2) is 10.5. The maximum atomic E-state index is 13.4. The number of rotatable bonds is 4. The third-order valence-electron chi connectivity index (χ3n) is 5.34. The Labute approximate surface area is 217 Å². The molecule has 0 aromatic heterocycles. The summed E-state index contributed by atoms with van der Waals surface area (Å²) in [7, 11) is 1.09. The van der Waals surface area contributed by atoms with Gasteiger partial charge in [0.25, 0.3) is 0 Å². The van der Waals surface area contributed by atoms with Gasteiger partial charge in [-0.3, -0.25) is 4.79 Å². The lowest BCUT2D eigenvalue weighted by molar-refractivity contribution is -0.150. The van der Waals surface area contributed by atoms with Gasteiger partial charge in [-0.05, 0) is 50.2 Å². The molecule has 2 aromatic carbocycles. The Hall–Kier alpha value is -3.12. The Kier molecular flexibility index (Phi) is 7.99. The molecule has 8 nitrogen and oxygen atoms in total. The number of alkyl halides is 3. The molecule has 0 bridgehead atoms. The van der Waals surface area contributed by atoms with Gasteiger partial charge in [0.1, 0.15) is 5.41 Å². The van der Waals surface area contributed by atoms with Crippen molar-refractivity contribution in [1.29, 1.82) is 0 Å². The summed E-state index contributed by atoms with van der Waals surface area (Å²) in [6.45, 7) is 2.67. The Morgan fingerprint density at radius 3 is 2.36 bits per heavy atom. The number of benzene rings is 2. The van der Waals surface area contributed by atoms with E-state index in [-0.39, 0.29) is 30.1 Å². The fourth-order valence-electron chi connectivity index (χ4n) is 3.56. The van der Waals surface area contributed by atoms with Crippen LogP contribution in [0.1, 0.15) is 25.0 Å². The maximum Gasteiger partial charge on any atom is 0.422 e. The third-order valence-corrected chi connectivity index (χ3v) is 6.18. The predicted molar refractivity (Wildman–Crippen MR) is 129 cm³/mol. The highest BCUT2D eigenvalue weighted by Gasteiger charge is 2.50. The standard InChI is InChI=1S/C23H20BrClF3N3O5/c1-4-36-19(32)22(2)12-30(20(33)31(21(34)35-3)15-8-6-14(24)7-9-15)29-18(22)13-5-10-16(17(25)11-13)23(26,27)28/h5-11H,4,12H2,1-3H3. The molecule has 1 unspecified atom stereocenters. The molecule has 2 aromatic rings. The van der Waals surface area contributed by atoms with E-state index in [0.717, 1.165) is 30.3 Å². The van der Waals surface area contributed by atoms with Crippen LogP contribution in [0.5, 0.6) is 0 Å². The zero-order valence-corrected chi connectivity index (χ0v) is 21.6. The molecule has 1 heterocycles. The van der Waals surface area contributed by atoms with Gasteiger partial charge < -0.3 is 9.47 Å². The van der Waals surface area contributed by atoms with Crippen molar-refractivity contribution < 1.29 is 37.0 Å². The molecule has 0 spiro atoms. The van der Waals surface area contributed by atoms with Crippen molar-refractivity contribution >= 4 is 57.0 Å². The number of urea groups is 1. The molecule has 0 aliphatic carbocycles. The van der Waals surface area contributed by atoms with Crippen LogP contribution in [-0.4, -0.2) is 49.1 Å². The fraction of sp³-hybridized carbons (Fsp3) is 0.304. The number of amides is 3. The zero-order valence-electron chi connectivity index (χ0n) is 19.2. The number of carbonyl (C=O) groups excluding carboxylic acids is 3. The Bertz CT molecular complexity index is 1220. The van der Waals surface area contributed by atoms with Crippen LogP contribution in [0.15, 0.2) is 52.0 Å². The quantitative estimate of drug-likeness (QED) is 0.402. The third kappa shape index (κ3) is 5.34. The molecule has 0 radical (unpaired) electrons. The largest absolute Gasteiger partial charge is 0.465 e. The van der Waals surface area contributed by atoms with Crippen LogP contribution in [0.3, 0.4) is 0 Å². The molecule has 3 rings (SSSR count). The van der Waals surface area contributed by atoms with Crippen LogP contribution in [0.25, 0.3) is 0 Å². The molecule has 1 aliphatic rings. The number of imide groups is 1. The van der Waals surface area contributed by atoms with Gasteiger partial charge in [0.05, 0.1) is 42.2 Å². The topological polar surface area (TPSA) is 88.5 Å². The normalized spacial score (nSPS) is 17.4. The highest BCUT2D eigenvalue weighted by Crippen LogP contribution is 2.38. The molecular weight excluding hydrogens is 571 g/mol. The van der Waals surface area contributed by atoms with Gasteiger partial charge in [-0.25, -0.2) is 14.6 Å². The lowest BCUT2D eigenvalue weighted by Crippen LogP contribution is -2.47. The number of hydrazone groups is 1. The minimum absolute atomic E-state index is 0.0105. The van der Waals surface area contributed by atoms with Crippen molar-refractivity contribution in [2.45, 2.75) is 20.0 Å². The molecule has 0 saturated carbocycles. The van der Waals surface area contributed by atoms with Crippen molar-refractivity contribution in [3.05, 3.63) is 63.1 Å². The average molecular weight is 591 g/mol. The average Bonchev–Trinajstić information content (AvgIpc) is 3.18. The number of nitrogens with zero attached hydrogens (tertiary/aromatic N) is 3. The summed E-state index contributed by atoms with van der Waals surface area (Å²) in [5, 5.41) is 4.48. The minimum atomic E-state index is -4.69. The van der Waals surface area contributed by atoms with Gasteiger partial charge in [-0.1, -0.05) is 33.6 Å².